The second kappa shape index (κ2) is 3.45. The monoisotopic (exact) mass is 164 g/mol. The molecule has 3 heteroatoms. The summed E-state index contributed by atoms with van der Waals surface area (Å²) in [6.07, 6.45) is 0. The molecule has 0 saturated heterocycles. The van der Waals surface area contributed by atoms with Gasteiger partial charge in [-0.15, -0.1) is 0 Å². The van der Waals surface area contributed by atoms with Crippen LogP contribution in [0.1, 0.15) is 21.7 Å². The van der Waals surface area contributed by atoms with E-state index in [1.54, 1.807) is 12.1 Å². The molecular weight excluding hydrogens is 152 g/mol. The van der Waals surface area contributed by atoms with Crippen molar-refractivity contribution in [1.29, 1.82) is 0 Å². The SMILES string of the molecule is Cc1cc(C(=O)CN)cc(C)n1. The molecule has 0 aliphatic carbocycles. The Morgan fingerprint density at radius 3 is 2.33 bits per heavy atom. The molecule has 0 fully saturated rings. The van der Waals surface area contributed by atoms with Crippen molar-refractivity contribution in [3.8, 4) is 0 Å². The van der Waals surface area contributed by atoms with Gasteiger partial charge in [0.2, 0.25) is 0 Å². The van der Waals surface area contributed by atoms with Gasteiger partial charge in [0.05, 0.1) is 6.54 Å². The fourth-order valence-corrected chi connectivity index (χ4v) is 1.11. The normalized spacial score (nSPS) is 9.92. The van der Waals surface area contributed by atoms with E-state index in [-0.39, 0.29) is 12.3 Å². The molecule has 3 nitrogen and oxygen atoms in total. The number of nitrogens with two attached hydrogens (primary N) is 1. The molecule has 1 heterocycles. The number of carbonyl (C=O) groups excluding carboxylic acids is 1. The minimum Gasteiger partial charge on any atom is -0.324 e. The number of Topliss-reactive ketones (excluding diaryl/α,β-unsaturated/α-hetero) is 1. The number of aryl methyl sites for hydroxylation is 2. The minimum atomic E-state index is -0.0383. The fourth-order valence-electron chi connectivity index (χ4n) is 1.11. The first-order valence-corrected chi connectivity index (χ1v) is 3.82. The molecule has 12 heavy (non-hydrogen) atoms. The van der Waals surface area contributed by atoms with Gasteiger partial charge in [-0.1, -0.05) is 0 Å². The van der Waals surface area contributed by atoms with Gasteiger partial charge >= 0.3 is 0 Å². The Hall–Kier alpha value is -1.22. The van der Waals surface area contributed by atoms with E-state index in [1.807, 2.05) is 13.8 Å². The smallest absolute Gasteiger partial charge is 0.176 e. The molecule has 0 atom stereocenters. The number of ketones is 1. The summed E-state index contributed by atoms with van der Waals surface area (Å²) in [5.41, 5.74) is 7.60. The molecule has 64 valence electrons. The largest absolute Gasteiger partial charge is 0.324 e. The van der Waals surface area contributed by atoms with Gasteiger partial charge in [0.15, 0.2) is 5.78 Å². The van der Waals surface area contributed by atoms with Crippen LogP contribution in [0.15, 0.2) is 12.1 Å². The quantitative estimate of drug-likeness (QED) is 0.659. The van der Waals surface area contributed by atoms with Crippen molar-refractivity contribution in [2.24, 2.45) is 5.73 Å². The molecule has 2 N–H and O–H groups in total. The standard InChI is InChI=1S/C9H12N2O/c1-6-3-8(9(12)5-10)4-7(2)11-6/h3-4H,5,10H2,1-2H3. The molecule has 1 aromatic heterocycles. The van der Waals surface area contributed by atoms with Gasteiger partial charge in [0.25, 0.3) is 0 Å². The number of nitrogens with zero attached hydrogens (tertiary/aromatic N) is 1. The third-order valence-corrected chi connectivity index (χ3v) is 1.59. The first kappa shape index (κ1) is 8.87. The molecule has 0 radical (unpaired) electrons. The highest BCUT2D eigenvalue weighted by molar-refractivity contribution is 5.97. The zero-order valence-corrected chi connectivity index (χ0v) is 7.29. The van der Waals surface area contributed by atoms with Crippen LogP contribution < -0.4 is 5.73 Å². The van der Waals surface area contributed by atoms with Gasteiger partial charge in [-0.25, -0.2) is 0 Å². The van der Waals surface area contributed by atoms with Crippen LogP contribution in [-0.4, -0.2) is 17.3 Å². The second-order valence-electron chi connectivity index (χ2n) is 2.77. The first-order valence-electron chi connectivity index (χ1n) is 3.82. The lowest BCUT2D eigenvalue weighted by molar-refractivity contribution is 0.100. The van der Waals surface area contributed by atoms with E-state index < -0.39 is 0 Å². The van der Waals surface area contributed by atoms with Crippen molar-refractivity contribution < 1.29 is 4.79 Å². The third-order valence-electron chi connectivity index (χ3n) is 1.59. The maximum absolute atomic E-state index is 11.2. The van der Waals surface area contributed by atoms with Crippen LogP contribution in [0, 0.1) is 13.8 Å². The van der Waals surface area contributed by atoms with Gasteiger partial charge in [0.1, 0.15) is 0 Å². The zero-order chi connectivity index (χ0) is 9.14. The summed E-state index contributed by atoms with van der Waals surface area (Å²) in [6, 6.07) is 3.50. The molecular formula is C9H12N2O. The van der Waals surface area contributed by atoms with Gasteiger partial charge in [-0.05, 0) is 26.0 Å². The number of hydrogen-bond donors (Lipinski definition) is 1. The molecule has 0 amide bonds. The average Bonchev–Trinajstić information content (AvgIpc) is 2.01. The molecule has 0 unspecified atom stereocenters. The van der Waals surface area contributed by atoms with Gasteiger partial charge in [0, 0.05) is 17.0 Å². The molecule has 1 aromatic rings. The number of aromatic nitrogens is 1. The molecule has 0 aromatic carbocycles. The summed E-state index contributed by atoms with van der Waals surface area (Å²) in [5.74, 6) is -0.0383. The van der Waals surface area contributed by atoms with E-state index in [9.17, 15) is 4.79 Å². The summed E-state index contributed by atoms with van der Waals surface area (Å²) in [5, 5.41) is 0. The number of hydrogen-bond acceptors (Lipinski definition) is 3. The van der Waals surface area contributed by atoms with Crippen molar-refractivity contribution in [2.75, 3.05) is 6.54 Å². The Kier molecular flexibility index (Phi) is 2.55. The van der Waals surface area contributed by atoms with Crippen LogP contribution in [0.25, 0.3) is 0 Å². The van der Waals surface area contributed by atoms with Crippen LogP contribution in [0.2, 0.25) is 0 Å². The Labute approximate surface area is 71.6 Å². The minimum absolute atomic E-state index is 0.0383. The van der Waals surface area contributed by atoms with Crippen LogP contribution in [0.3, 0.4) is 0 Å². The summed E-state index contributed by atoms with van der Waals surface area (Å²) in [7, 11) is 0. The van der Waals surface area contributed by atoms with E-state index in [0.717, 1.165) is 11.4 Å². The Bertz CT molecular complexity index is 287. The lowest BCUT2D eigenvalue weighted by Gasteiger charge is -2.00. The summed E-state index contributed by atoms with van der Waals surface area (Å²) < 4.78 is 0. The summed E-state index contributed by atoms with van der Waals surface area (Å²) >= 11 is 0. The highest BCUT2D eigenvalue weighted by Gasteiger charge is 2.04. The summed E-state index contributed by atoms with van der Waals surface area (Å²) in [4.78, 5) is 15.3. The van der Waals surface area contributed by atoms with Gasteiger partial charge < -0.3 is 5.73 Å². The summed E-state index contributed by atoms with van der Waals surface area (Å²) in [6.45, 7) is 3.78. The highest BCUT2D eigenvalue weighted by Crippen LogP contribution is 2.04. The zero-order valence-electron chi connectivity index (χ0n) is 7.29. The average molecular weight is 164 g/mol. The molecule has 0 aliphatic rings. The highest BCUT2D eigenvalue weighted by atomic mass is 16.1. The predicted molar refractivity (Wildman–Crippen MR) is 47.1 cm³/mol. The van der Waals surface area contributed by atoms with Crippen LogP contribution in [0.4, 0.5) is 0 Å². The molecule has 0 saturated carbocycles. The molecule has 0 aliphatic heterocycles. The lowest BCUT2D eigenvalue weighted by atomic mass is 10.1. The fraction of sp³-hybridized carbons (Fsp3) is 0.333. The van der Waals surface area contributed by atoms with Crippen LogP contribution in [-0.2, 0) is 0 Å². The second-order valence-corrected chi connectivity index (χ2v) is 2.77. The van der Waals surface area contributed by atoms with Crippen molar-refractivity contribution >= 4 is 5.78 Å². The molecule has 0 spiro atoms. The van der Waals surface area contributed by atoms with E-state index >= 15 is 0 Å². The van der Waals surface area contributed by atoms with Crippen molar-refractivity contribution in [3.05, 3.63) is 29.1 Å². The van der Waals surface area contributed by atoms with E-state index in [2.05, 4.69) is 4.98 Å². The molecule has 1 rings (SSSR count). The Morgan fingerprint density at radius 1 is 1.42 bits per heavy atom. The van der Waals surface area contributed by atoms with E-state index in [0.29, 0.717) is 5.56 Å². The first-order chi connectivity index (χ1) is 5.63. The van der Waals surface area contributed by atoms with Gasteiger partial charge in [-0.3, -0.25) is 9.78 Å². The number of pyridine rings is 1. The number of carbonyl (C=O) groups is 1. The predicted octanol–water partition coefficient (Wildman–Crippen LogP) is 0.840. The topological polar surface area (TPSA) is 56.0 Å². The Balaban J connectivity index is 3.08. The van der Waals surface area contributed by atoms with Crippen molar-refractivity contribution in [1.82, 2.24) is 4.98 Å². The van der Waals surface area contributed by atoms with Crippen LogP contribution in [0.5, 0.6) is 0 Å². The van der Waals surface area contributed by atoms with Crippen molar-refractivity contribution in [3.63, 3.8) is 0 Å². The maximum atomic E-state index is 11.2. The number of rotatable bonds is 2. The Morgan fingerprint density at radius 2 is 1.92 bits per heavy atom. The third kappa shape index (κ3) is 1.89. The maximum Gasteiger partial charge on any atom is 0.176 e. The lowest BCUT2D eigenvalue weighted by Crippen LogP contribution is -2.14. The van der Waals surface area contributed by atoms with Crippen molar-refractivity contribution in [2.45, 2.75) is 13.8 Å². The van der Waals surface area contributed by atoms with E-state index in [1.165, 1.54) is 0 Å². The molecule has 0 bridgehead atoms. The van der Waals surface area contributed by atoms with E-state index in [4.69, 9.17) is 5.73 Å². The van der Waals surface area contributed by atoms with Crippen LogP contribution >= 0.6 is 0 Å². The van der Waals surface area contributed by atoms with Gasteiger partial charge in [-0.2, -0.15) is 0 Å².